The molecule has 0 saturated carbocycles. The van der Waals surface area contributed by atoms with Crippen molar-refractivity contribution in [3.8, 4) is 17.0 Å². The monoisotopic (exact) mass is 478 g/mol. The van der Waals surface area contributed by atoms with Crippen molar-refractivity contribution in [1.82, 2.24) is 9.47 Å². The van der Waals surface area contributed by atoms with E-state index in [4.69, 9.17) is 17.3 Å². The molecule has 3 amide bonds. The molecule has 172 valence electrons. The van der Waals surface area contributed by atoms with E-state index in [-0.39, 0.29) is 22.8 Å². The van der Waals surface area contributed by atoms with Gasteiger partial charge in [0.05, 0.1) is 28.5 Å². The Morgan fingerprint density at radius 1 is 1.03 bits per heavy atom. The Bertz CT molecular complexity index is 1190. The largest absolute Gasteiger partial charge is 0.573 e. The number of anilines is 1. The summed E-state index contributed by atoms with van der Waals surface area (Å²) in [5, 5.41) is 2.85. The Balaban J connectivity index is 1.55. The fraction of sp³-hybridized carbons (Fsp3) is 0.182. The number of fused-ring (bicyclic) bond motifs is 1. The molecule has 0 bridgehead atoms. The van der Waals surface area contributed by atoms with Crippen LogP contribution in [0, 0.1) is 0 Å². The van der Waals surface area contributed by atoms with Crippen LogP contribution in [-0.4, -0.2) is 34.3 Å². The number of carbonyl (C=O) groups excluding carboxylic acids is 2. The van der Waals surface area contributed by atoms with Gasteiger partial charge in [-0.3, -0.25) is 4.79 Å². The molecule has 0 saturated heterocycles. The van der Waals surface area contributed by atoms with Crippen LogP contribution in [0.1, 0.15) is 16.1 Å². The molecule has 2 aromatic carbocycles. The Morgan fingerprint density at radius 3 is 2.30 bits per heavy atom. The fourth-order valence-corrected chi connectivity index (χ4v) is 4.18. The van der Waals surface area contributed by atoms with Gasteiger partial charge >= 0.3 is 12.4 Å². The molecule has 0 fully saturated rings. The predicted octanol–water partition coefficient (Wildman–Crippen LogP) is 4.85. The Labute approximate surface area is 191 Å². The van der Waals surface area contributed by atoms with Crippen LogP contribution in [0.15, 0.2) is 54.6 Å². The lowest BCUT2D eigenvalue weighted by molar-refractivity contribution is -0.274. The normalized spacial score (nSPS) is 13.4. The number of urea groups is 1. The summed E-state index contributed by atoms with van der Waals surface area (Å²) in [6.07, 6.45) is -4.80. The molecule has 0 atom stereocenters. The van der Waals surface area contributed by atoms with E-state index in [1.54, 1.807) is 0 Å². The standard InChI is InChI=1S/C22H18ClF3N4O3/c23-18-17(20(27)31)16-12-29(10-11-30(16)19(18)13-4-2-1-3-5-13)21(32)28-14-6-8-15(9-7-14)33-22(24,25)26/h1-9H,10-12H2,(H2,27,31)(H,28,32). The first-order chi connectivity index (χ1) is 15.6. The summed E-state index contributed by atoms with van der Waals surface area (Å²) < 4.78 is 42.6. The summed E-state index contributed by atoms with van der Waals surface area (Å²) in [4.78, 5) is 26.4. The molecule has 1 aliphatic rings. The minimum atomic E-state index is -4.80. The summed E-state index contributed by atoms with van der Waals surface area (Å²) >= 11 is 6.53. The first-order valence-electron chi connectivity index (χ1n) is 9.82. The van der Waals surface area contributed by atoms with E-state index in [1.165, 1.54) is 17.0 Å². The number of hydrogen-bond donors (Lipinski definition) is 2. The molecule has 2 heterocycles. The minimum absolute atomic E-state index is 0.0753. The average Bonchev–Trinajstić information content (AvgIpc) is 3.05. The third kappa shape index (κ3) is 4.75. The lowest BCUT2D eigenvalue weighted by Gasteiger charge is -2.30. The number of alkyl halides is 3. The van der Waals surface area contributed by atoms with Crippen LogP contribution in [0.2, 0.25) is 5.02 Å². The van der Waals surface area contributed by atoms with Crippen LogP contribution in [0.5, 0.6) is 5.75 Å². The highest BCUT2D eigenvalue weighted by molar-refractivity contribution is 6.36. The number of carbonyl (C=O) groups is 2. The summed E-state index contributed by atoms with van der Waals surface area (Å²) in [5.41, 5.74) is 8.01. The molecular weight excluding hydrogens is 461 g/mol. The Morgan fingerprint density at radius 2 is 1.70 bits per heavy atom. The number of aromatic nitrogens is 1. The molecule has 0 radical (unpaired) electrons. The molecular formula is C22H18ClF3N4O3. The fourth-order valence-electron chi connectivity index (χ4n) is 3.77. The second kappa shape index (κ2) is 8.70. The third-order valence-corrected chi connectivity index (χ3v) is 5.53. The Hall–Kier alpha value is -3.66. The molecule has 0 aliphatic carbocycles. The maximum Gasteiger partial charge on any atom is 0.573 e. The third-order valence-electron chi connectivity index (χ3n) is 5.17. The van der Waals surface area contributed by atoms with Crippen molar-refractivity contribution in [1.29, 1.82) is 0 Å². The first-order valence-corrected chi connectivity index (χ1v) is 10.2. The van der Waals surface area contributed by atoms with Crippen molar-refractivity contribution in [3.05, 3.63) is 70.9 Å². The molecule has 4 rings (SSSR count). The van der Waals surface area contributed by atoms with Gasteiger partial charge in [-0.25, -0.2) is 4.79 Å². The van der Waals surface area contributed by atoms with Crippen LogP contribution in [0.3, 0.4) is 0 Å². The van der Waals surface area contributed by atoms with Gasteiger partial charge in [0.2, 0.25) is 0 Å². The number of nitrogens with zero attached hydrogens (tertiary/aromatic N) is 2. The molecule has 0 unspecified atom stereocenters. The number of benzene rings is 2. The summed E-state index contributed by atoms with van der Waals surface area (Å²) in [6, 6.07) is 13.6. The molecule has 0 spiro atoms. The summed E-state index contributed by atoms with van der Waals surface area (Å²) in [6.45, 7) is 0.765. The Kier molecular flexibility index (Phi) is 5.94. The van der Waals surface area contributed by atoms with Gasteiger partial charge in [-0.1, -0.05) is 41.9 Å². The smallest absolute Gasteiger partial charge is 0.406 e. The van der Waals surface area contributed by atoms with Gasteiger partial charge < -0.3 is 25.3 Å². The molecule has 7 nitrogen and oxygen atoms in total. The van der Waals surface area contributed by atoms with Crippen molar-refractivity contribution < 1.29 is 27.5 Å². The highest BCUT2D eigenvalue weighted by Crippen LogP contribution is 2.38. The lowest BCUT2D eigenvalue weighted by atomic mass is 10.1. The number of rotatable bonds is 4. The highest BCUT2D eigenvalue weighted by atomic mass is 35.5. The average molecular weight is 479 g/mol. The van der Waals surface area contributed by atoms with Crippen molar-refractivity contribution in [2.24, 2.45) is 5.73 Å². The van der Waals surface area contributed by atoms with Gasteiger partial charge in [-0.15, -0.1) is 13.2 Å². The number of nitrogens with two attached hydrogens (primary N) is 1. The molecule has 11 heteroatoms. The van der Waals surface area contributed by atoms with Gasteiger partial charge in [0.1, 0.15) is 5.75 Å². The molecule has 3 N–H and O–H groups in total. The second-order valence-electron chi connectivity index (χ2n) is 7.29. The molecule has 3 aromatic rings. The van der Waals surface area contributed by atoms with Gasteiger partial charge in [0.25, 0.3) is 5.91 Å². The van der Waals surface area contributed by atoms with Crippen molar-refractivity contribution in [2.75, 3.05) is 11.9 Å². The maximum atomic E-state index is 12.8. The zero-order valence-electron chi connectivity index (χ0n) is 17.0. The molecule has 1 aromatic heterocycles. The topological polar surface area (TPSA) is 89.6 Å². The van der Waals surface area contributed by atoms with Crippen LogP contribution >= 0.6 is 11.6 Å². The van der Waals surface area contributed by atoms with Crippen molar-refractivity contribution in [3.63, 3.8) is 0 Å². The first kappa shape index (κ1) is 22.5. The van der Waals surface area contributed by atoms with Crippen LogP contribution < -0.4 is 15.8 Å². The second-order valence-corrected chi connectivity index (χ2v) is 7.67. The summed E-state index contributed by atoms with van der Waals surface area (Å²) in [5.74, 6) is -1.10. The van der Waals surface area contributed by atoms with E-state index in [9.17, 15) is 22.8 Å². The number of ether oxygens (including phenoxy) is 1. The van der Waals surface area contributed by atoms with Gasteiger partial charge in [-0.2, -0.15) is 0 Å². The van der Waals surface area contributed by atoms with Crippen LogP contribution in [0.4, 0.5) is 23.7 Å². The number of amides is 3. The van der Waals surface area contributed by atoms with Crippen LogP contribution in [0.25, 0.3) is 11.3 Å². The number of hydrogen-bond acceptors (Lipinski definition) is 3. The van der Waals surface area contributed by atoms with E-state index >= 15 is 0 Å². The SMILES string of the molecule is NC(=O)c1c(Cl)c(-c2ccccc2)n2c1CN(C(=O)Nc1ccc(OC(F)(F)F)cc1)CC2. The highest BCUT2D eigenvalue weighted by Gasteiger charge is 2.32. The number of nitrogens with one attached hydrogen (secondary N) is 1. The lowest BCUT2D eigenvalue weighted by Crippen LogP contribution is -2.41. The summed E-state index contributed by atoms with van der Waals surface area (Å²) in [7, 11) is 0. The number of primary amides is 1. The quantitative estimate of drug-likeness (QED) is 0.561. The van der Waals surface area contributed by atoms with E-state index < -0.39 is 24.1 Å². The van der Waals surface area contributed by atoms with Gasteiger partial charge in [0, 0.05) is 18.8 Å². The predicted molar refractivity (Wildman–Crippen MR) is 116 cm³/mol. The number of halogens is 4. The van der Waals surface area contributed by atoms with Gasteiger partial charge in [-0.05, 0) is 29.8 Å². The van der Waals surface area contributed by atoms with E-state index in [2.05, 4.69) is 10.1 Å². The van der Waals surface area contributed by atoms with E-state index in [1.807, 2.05) is 34.9 Å². The maximum absolute atomic E-state index is 12.8. The van der Waals surface area contributed by atoms with E-state index in [0.717, 1.165) is 17.7 Å². The van der Waals surface area contributed by atoms with Crippen LogP contribution in [-0.2, 0) is 13.1 Å². The zero-order chi connectivity index (χ0) is 23.8. The van der Waals surface area contributed by atoms with Crippen molar-refractivity contribution in [2.45, 2.75) is 19.5 Å². The minimum Gasteiger partial charge on any atom is -0.406 e. The zero-order valence-corrected chi connectivity index (χ0v) is 17.8. The van der Waals surface area contributed by atoms with Crippen molar-refractivity contribution >= 4 is 29.2 Å². The molecule has 33 heavy (non-hydrogen) atoms. The molecule has 1 aliphatic heterocycles. The van der Waals surface area contributed by atoms with E-state index in [0.29, 0.717) is 24.5 Å². The van der Waals surface area contributed by atoms with Gasteiger partial charge in [0.15, 0.2) is 0 Å².